The zero-order chi connectivity index (χ0) is 31.8. The molecule has 1 aromatic rings. The number of allylic oxidation sites excluding steroid dienone is 2. The Morgan fingerprint density at radius 3 is 2.38 bits per heavy atom. The van der Waals surface area contributed by atoms with Crippen LogP contribution in [0.25, 0.3) is 0 Å². The van der Waals surface area contributed by atoms with Gasteiger partial charge < -0.3 is 14.2 Å². The van der Waals surface area contributed by atoms with E-state index in [1.165, 1.54) is 4.90 Å². The average molecular weight is 623 g/mol. The number of esters is 1. The first-order valence-corrected chi connectivity index (χ1v) is 16.4. The lowest BCUT2D eigenvalue weighted by molar-refractivity contribution is -0.151. The van der Waals surface area contributed by atoms with Gasteiger partial charge in [0.25, 0.3) is 5.91 Å². The van der Waals surface area contributed by atoms with Gasteiger partial charge >= 0.3 is 18.7 Å². The second-order valence-corrected chi connectivity index (χ2v) is 14.0. The molecule has 11 nitrogen and oxygen atoms in total. The lowest BCUT2D eigenvalue weighted by Crippen LogP contribution is -2.36. The Morgan fingerprint density at radius 2 is 1.86 bits per heavy atom. The predicted octanol–water partition coefficient (Wildman–Crippen LogP) is 5.21. The van der Waals surface area contributed by atoms with Gasteiger partial charge in [-0.05, 0) is 46.0 Å². The van der Waals surface area contributed by atoms with Crippen molar-refractivity contribution in [3.05, 3.63) is 29.2 Å². The van der Waals surface area contributed by atoms with E-state index >= 15 is 0 Å². The molecule has 2 heterocycles. The third-order valence-electron chi connectivity index (χ3n) is 6.57. The van der Waals surface area contributed by atoms with Crippen LogP contribution < -0.4 is 4.52 Å². The van der Waals surface area contributed by atoms with Crippen molar-refractivity contribution >= 4 is 36.4 Å². The number of carbonyl (C=O) groups is 3. The smallest absolute Gasteiger partial charge is 0.381 e. The summed E-state index contributed by atoms with van der Waals surface area (Å²) in [6.45, 7) is 15.4. The molecule has 2 fully saturated rings. The molecule has 0 spiro atoms. The van der Waals surface area contributed by atoms with E-state index in [0.717, 1.165) is 22.0 Å². The molecule has 3 amide bonds. The van der Waals surface area contributed by atoms with Crippen LogP contribution in [0.15, 0.2) is 17.7 Å². The number of terminal acetylenes is 1. The molecule has 0 aromatic carbocycles. The highest BCUT2D eigenvalue weighted by Crippen LogP contribution is 2.59. The Hall–Kier alpha value is -2.84. The van der Waals surface area contributed by atoms with E-state index in [1.807, 2.05) is 62.3 Å². The minimum absolute atomic E-state index is 0.0628. The minimum Gasteiger partial charge on any atom is -0.443 e. The first kappa shape index (κ1) is 35.4. The molecule has 1 aliphatic heterocycles. The molecule has 232 valence electrons. The van der Waals surface area contributed by atoms with Gasteiger partial charge in [-0.2, -0.15) is 4.98 Å². The molecule has 0 radical (unpaired) electrons. The fourth-order valence-electron chi connectivity index (χ4n) is 4.36. The van der Waals surface area contributed by atoms with Crippen molar-refractivity contribution in [3.63, 3.8) is 0 Å². The number of aryl methyl sites for hydroxylation is 1. The Kier molecular flexibility index (Phi) is 12.7. The number of urea groups is 1. The van der Waals surface area contributed by atoms with E-state index in [1.54, 1.807) is 6.07 Å². The first-order chi connectivity index (χ1) is 19.6. The van der Waals surface area contributed by atoms with Crippen molar-refractivity contribution in [2.24, 2.45) is 17.3 Å². The molecular formula is C29H43N4O7PS. The van der Waals surface area contributed by atoms with Gasteiger partial charge in [0.15, 0.2) is 6.73 Å². The molecule has 42 heavy (non-hydrogen) atoms. The molecule has 2 unspecified atom stereocenters. The molecule has 0 bridgehead atoms. The third-order valence-corrected chi connectivity index (χ3v) is 8.98. The van der Waals surface area contributed by atoms with Crippen LogP contribution in [0.5, 0.6) is 5.88 Å². The minimum atomic E-state index is -2.77. The Balaban J connectivity index is 0.000000299. The number of nitrogens with zero attached hydrogens (tertiary/aromatic N) is 4. The average Bonchev–Trinajstić information content (AvgIpc) is 3.29. The topological polar surface area (TPSA) is 120 Å². The first-order valence-electron chi connectivity index (χ1n) is 13.9. The summed E-state index contributed by atoms with van der Waals surface area (Å²) in [5, 5.41) is 0. The van der Waals surface area contributed by atoms with Gasteiger partial charge in [0.1, 0.15) is 12.4 Å². The van der Waals surface area contributed by atoms with Gasteiger partial charge in [-0.1, -0.05) is 45.3 Å². The maximum absolute atomic E-state index is 12.2. The van der Waals surface area contributed by atoms with Crippen molar-refractivity contribution in [2.75, 3.05) is 33.0 Å². The van der Waals surface area contributed by atoms with Crippen molar-refractivity contribution in [3.8, 4) is 18.2 Å². The highest BCUT2D eigenvalue weighted by atomic mass is 32.5. The van der Waals surface area contributed by atoms with Gasteiger partial charge in [0.05, 0.1) is 25.7 Å². The summed E-state index contributed by atoms with van der Waals surface area (Å²) in [4.78, 5) is 46.9. The quantitative estimate of drug-likeness (QED) is 0.101. The van der Waals surface area contributed by atoms with Crippen LogP contribution in [0.3, 0.4) is 0 Å². The monoisotopic (exact) mass is 622 g/mol. The van der Waals surface area contributed by atoms with E-state index in [0.29, 0.717) is 19.1 Å². The molecule has 2 atom stereocenters. The predicted molar refractivity (Wildman–Crippen MR) is 163 cm³/mol. The van der Waals surface area contributed by atoms with Gasteiger partial charge in [-0.25, -0.2) is 14.7 Å². The maximum Gasteiger partial charge on any atom is 0.381 e. The fraction of sp³-hybridized carbons (Fsp3) is 0.621. The Morgan fingerprint density at radius 1 is 1.24 bits per heavy atom. The number of aromatic nitrogens is 2. The molecule has 1 aromatic heterocycles. The van der Waals surface area contributed by atoms with Crippen LogP contribution >= 0.6 is 6.72 Å². The molecule has 0 N–H and O–H groups in total. The molecular weight excluding hydrogens is 579 g/mol. The summed E-state index contributed by atoms with van der Waals surface area (Å²) in [5.41, 5.74) is 1.82. The molecule has 1 saturated heterocycles. The molecule has 1 aliphatic carbocycles. The summed E-state index contributed by atoms with van der Waals surface area (Å²) >= 11 is 5.32. The van der Waals surface area contributed by atoms with E-state index in [9.17, 15) is 14.4 Å². The lowest BCUT2D eigenvalue weighted by Gasteiger charge is -2.20. The summed E-state index contributed by atoms with van der Waals surface area (Å²) in [6, 6.07) is 1.22. The summed E-state index contributed by atoms with van der Waals surface area (Å²) in [6.07, 6.45) is 7.21. The molecule has 13 heteroatoms. The largest absolute Gasteiger partial charge is 0.443 e. The van der Waals surface area contributed by atoms with E-state index in [4.69, 9.17) is 36.5 Å². The molecule has 3 rings (SSSR count). The van der Waals surface area contributed by atoms with Crippen molar-refractivity contribution < 1.29 is 32.7 Å². The van der Waals surface area contributed by atoms with Crippen LogP contribution in [0, 0.1) is 36.5 Å². The zero-order valence-corrected chi connectivity index (χ0v) is 27.7. The Labute approximate surface area is 254 Å². The fourth-order valence-corrected chi connectivity index (χ4v) is 6.35. The van der Waals surface area contributed by atoms with Crippen LogP contribution in [-0.2, 0) is 35.2 Å². The number of hydrogen-bond acceptors (Lipinski definition) is 10. The number of amides is 3. The van der Waals surface area contributed by atoms with Crippen molar-refractivity contribution in [1.82, 2.24) is 19.8 Å². The van der Waals surface area contributed by atoms with Crippen LogP contribution in [-0.4, -0.2) is 70.7 Å². The second-order valence-electron chi connectivity index (χ2n) is 11.1. The van der Waals surface area contributed by atoms with Crippen LogP contribution in [0.4, 0.5) is 4.79 Å². The summed E-state index contributed by atoms with van der Waals surface area (Å²) in [5.74, 6) is 2.78. The normalized spacial score (nSPS) is 19.2. The number of rotatable bonds is 12. The highest BCUT2D eigenvalue weighted by molar-refractivity contribution is 8.07. The summed E-state index contributed by atoms with van der Waals surface area (Å²) in [7, 11) is 0. The number of carbonyl (C=O) groups excluding carboxylic acids is 3. The van der Waals surface area contributed by atoms with Crippen molar-refractivity contribution in [2.45, 2.75) is 68.2 Å². The van der Waals surface area contributed by atoms with Crippen LogP contribution in [0.2, 0.25) is 0 Å². The molecule has 2 aliphatic rings. The number of hydrogen-bond donors (Lipinski definition) is 0. The van der Waals surface area contributed by atoms with E-state index < -0.39 is 18.7 Å². The van der Waals surface area contributed by atoms with Gasteiger partial charge in [0, 0.05) is 29.5 Å². The number of imide groups is 1. The standard InChI is InChI=1S/C17H22N2O4.C12H21N2O3PS/c1-6-7-18-9-13(20)19(16(18)22)10-23-15(21)14-12(8-11(2)3)17(14,4)5;1-6-15-18(19,16-7-2)17-11-8-10(5)13-12(14-11)9(3)4/h1,8,12,14H,7,9-10H2,2-5H3;8-9H,6-7H2,1-5H3. The van der Waals surface area contributed by atoms with Crippen molar-refractivity contribution in [1.29, 1.82) is 0 Å². The maximum atomic E-state index is 12.2. The van der Waals surface area contributed by atoms with E-state index in [-0.39, 0.29) is 49.0 Å². The van der Waals surface area contributed by atoms with Crippen LogP contribution in [0.1, 0.15) is 72.8 Å². The Bertz CT molecular complexity index is 1260. The third kappa shape index (κ3) is 9.33. The molecule has 1 saturated carbocycles. The lowest BCUT2D eigenvalue weighted by atomic mass is 10.1. The second kappa shape index (κ2) is 15.1. The summed E-state index contributed by atoms with van der Waals surface area (Å²) < 4.78 is 21.8. The SMILES string of the molecule is C#CCN1CC(=O)N(COC(=O)C2C(C=C(C)C)C2(C)C)C1=O.CCOP(=S)(OCC)Oc1cc(C)nc(C(C)C)n1. The number of ether oxygens (including phenoxy) is 1. The highest BCUT2D eigenvalue weighted by Gasteiger charge is 2.61. The van der Waals surface area contributed by atoms with E-state index in [2.05, 4.69) is 22.0 Å². The van der Waals surface area contributed by atoms with Gasteiger partial charge in [-0.15, -0.1) is 6.42 Å². The van der Waals surface area contributed by atoms with Gasteiger partial charge in [0.2, 0.25) is 5.88 Å². The van der Waals surface area contributed by atoms with Gasteiger partial charge in [-0.3, -0.25) is 18.6 Å². The zero-order valence-electron chi connectivity index (χ0n) is 26.0.